The predicted molar refractivity (Wildman–Crippen MR) is 281 cm³/mol. The van der Waals surface area contributed by atoms with Crippen LogP contribution in [0, 0.1) is 6.92 Å². The first-order valence-corrected chi connectivity index (χ1v) is 22.0. The van der Waals surface area contributed by atoms with Crippen LogP contribution in [0.3, 0.4) is 0 Å². The van der Waals surface area contributed by atoms with Crippen molar-refractivity contribution < 1.29 is 0 Å². The minimum atomic E-state index is 0.362. The maximum Gasteiger partial charge on any atom is 0.117 e. The fourth-order valence-corrected chi connectivity index (χ4v) is 11.2. The molecule has 64 heavy (non-hydrogen) atoms. The number of thiophene rings is 1. The van der Waals surface area contributed by atoms with Gasteiger partial charge in [-0.05, 0) is 94.2 Å². The summed E-state index contributed by atoms with van der Waals surface area (Å²) >= 11 is 1.74. The summed E-state index contributed by atoms with van der Waals surface area (Å²) in [4.78, 5) is 0. The van der Waals surface area contributed by atoms with Gasteiger partial charge in [0.1, 0.15) is 47.1 Å². The number of fused-ring (bicyclic) bond motifs is 9. The highest BCUT2D eigenvalue weighted by atomic mass is 32.1. The molecular weight excluding hydrogens is 786 g/mol. The second kappa shape index (κ2) is 14.6. The maximum atomic E-state index is 7.52. The van der Waals surface area contributed by atoms with Crippen LogP contribution in [0.5, 0.6) is 0 Å². The van der Waals surface area contributed by atoms with E-state index in [2.05, 4.69) is 161 Å². The molecule has 0 aliphatic rings. The number of benzene rings is 9. The zero-order chi connectivity index (χ0) is 43.5. The van der Waals surface area contributed by atoms with Crippen molar-refractivity contribution in [3.05, 3.63) is 169 Å². The topological polar surface area (TPSA) is 9.86 Å². The lowest BCUT2D eigenvalue weighted by Crippen LogP contribution is -2.36. The van der Waals surface area contributed by atoms with Crippen molar-refractivity contribution in [2.24, 2.45) is 0 Å². The Kier molecular flexibility index (Phi) is 8.87. The summed E-state index contributed by atoms with van der Waals surface area (Å²) in [6.07, 6.45) is 0. The molecule has 12 rings (SSSR count). The fraction of sp³-hybridized carbons (Fsp3) is 0.0182. The van der Waals surface area contributed by atoms with Crippen molar-refractivity contribution in [2.45, 2.75) is 6.92 Å². The third-order valence-electron chi connectivity index (χ3n) is 13.2. The van der Waals surface area contributed by atoms with E-state index < -0.39 is 0 Å². The predicted octanol–water partition coefficient (Wildman–Crippen LogP) is 8.32. The van der Waals surface area contributed by atoms with E-state index in [9.17, 15) is 0 Å². The average molecular weight is 816 g/mol. The molecule has 0 unspecified atom stereocenters. The standard InChI is InChI=1S/C55H30B6N2S/c1-29-48(56)52(60)47-46-50(58)43(51(59)53(61)55(46)63(54(47)49(29)57)40-19-11-21-42-45(40)36-16-8-9-20-41(36)64-42)33-24-27-38-37(28-33)44-35(32-14-6-3-7-15-32)17-10-18-39(44)62(38)34-25-22-31(23-26-34)30-12-4-2-5-13-30/h2-28H,1H3. The third kappa shape index (κ3) is 5.53. The first-order valence-electron chi connectivity index (χ1n) is 21.2. The van der Waals surface area contributed by atoms with E-state index in [1.807, 2.05) is 19.1 Å². The van der Waals surface area contributed by atoms with Crippen LogP contribution in [0.15, 0.2) is 164 Å². The summed E-state index contributed by atoms with van der Waals surface area (Å²) in [6.45, 7) is 1.89. The molecule has 0 aliphatic heterocycles. The van der Waals surface area contributed by atoms with Crippen LogP contribution in [-0.4, -0.2) is 56.2 Å². The van der Waals surface area contributed by atoms with Gasteiger partial charge in [0, 0.05) is 53.1 Å². The summed E-state index contributed by atoms with van der Waals surface area (Å²) in [5.74, 6) is 0. The Morgan fingerprint density at radius 2 is 1.02 bits per heavy atom. The summed E-state index contributed by atoms with van der Waals surface area (Å²) in [5, 5.41) is 5.63. The van der Waals surface area contributed by atoms with Gasteiger partial charge < -0.3 is 9.13 Å². The molecule has 0 N–H and O–H groups in total. The van der Waals surface area contributed by atoms with Crippen molar-refractivity contribution in [3.8, 4) is 44.8 Å². The molecule has 0 saturated heterocycles. The molecule has 12 radical (unpaired) electrons. The zero-order valence-corrected chi connectivity index (χ0v) is 35.7. The second-order valence-corrected chi connectivity index (χ2v) is 17.6. The van der Waals surface area contributed by atoms with Crippen molar-refractivity contribution in [2.75, 3.05) is 0 Å². The molecule has 0 fully saturated rings. The monoisotopic (exact) mass is 816 g/mol. The van der Waals surface area contributed by atoms with E-state index in [0.717, 1.165) is 70.9 Å². The number of hydrogen-bond acceptors (Lipinski definition) is 1. The van der Waals surface area contributed by atoms with Gasteiger partial charge in [-0.3, -0.25) is 0 Å². The highest BCUT2D eigenvalue weighted by molar-refractivity contribution is 7.25. The van der Waals surface area contributed by atoms with Gasteiger partial charge in [0.2, 0.25) is 0 Å². The normalized spacial score (nSPS) is 11.9. The largest absolute Gasteiger partial charge is 0.310 e. The first-order chi connectivity index (χ1) is 31.2. The Balaban J connectivity index is 1.16. The number of nitrogens with zero attached hydrogens (tertiary/aromatic N) is 2. The van der Waals surface area contributed by atoms with Gasteiger partial charge in [-0.1, -0.05) is 148 Å². The van der Waals surface area contributed by atoms with Gasteiger partial charge in [-0.15, -0.1) is 16.8 Å². The minimum absolute atomic E-state index is 0.362. The summed E-state index contributed by atoms with van der Waals surface area (Å²) in [6, 6.07) is 57.3. The molecule has 0 bridgehead atoms. The number of rotatable bonds is 5. The fourth-order valence-electron chi connectivity index (χ4n) is 10.1. The van der Waals surface area contributed by atoms with Crippen molar-refractivity contribution >= 4 is 155 Å². The van der Waals surface area contributed by atoms with Gasteiger partial charge in [0.25, 0.3) is 0 Å². The molecule has 284 valence electrons. The number of aromatic nitrogens is 2. The van der Waals surface area contributed by atoms with Gasteiger partial charge >= 0.3 is 0 Å². The van der Waals surface area contributed by atoms with Crippen molar-refractivity contribution in [3.63, 3.8) is 0 Å². The van der Waals surface area contributed by atoms with E-state index in [1.54, 1.807) is 11.3 Å². The molecule has 0 aliphatic carbocycles. The third-order valence-corrected chi connectivity index (χ3v) is 14.3. The molecule has 0 spiro atoms. The summed E-state index contributed by atoms with van der Waals surface area (Å²) < 4.78 is 6.72. The van der Waals surface area contributed by atoms with Crippen molar-refractivity contribution in [1.82, 2.24) is 9.13 Å². The molecule has 0 saturated carbocycles. The van der Waals surface area contributed by atoms with Gasteiger partial charge in [-0.25, -0.2) is 0 Å². The van der Waals surface area contributed by atoms with Crippen LogP contribution in [0.4, 0.5) is 0 Å². The van der Waals surface area contributed by atoms with E-state index in [1.165, 1.54) is 10.3 Å². The quantitative estimate of drug-likeness (QED) is 0.155. The molecule has 12 aromatic rings. The summed E-state index contributed by atoms with van der Waals surface area (Å²) in [7, 11) is 43.1. The lowest BCUT2D eigenvalue weighted by Gasteiger charge is -2.20. The Morgan fingerprint density at radius 3 is 1.78 bits per heavy atom. The number of hydrogen-bond donors (Lipinski definition) is 0. The lowest BCUT2D eigenvalue weighted by atomic mass is 9.67. The maximum absolute atomic E-state index is 7.52. The smallest absolute Gasteiger partial charge is 0.117 e. The van der Waals surface area contributed by atoms with Crippen LogP contribution in [0.1, 0.15) is 5.56 Å². The van der Waals surface area contributed by atoms with E-state index in [4.69, 9.17) is 47.1 Å². The SMILES string of the molecule is [B]c1c(C)c([B])c2c(c1[B])c1c([B])c(-c3ccc4c(c3)c3c(-c5ccccc5)cccc3n4-c3ccc(-c4ccccc4)cc3)c([B])c([B])c1n2-c1cccc2sc3ccccc3c12. The Labute approximate surface area is 383 Å². The van der Waals surface area contributed by atoms with Crippen LogP contribution in [0.25, 0.3) is 109 Å². The van der Waals surface area contributed by atoms with Crippen LogP contribution in [0.2, 0.25) is 0 Å². The van der Waals surface area contributed by atoms with E-state index in [0.29, 0.717) is 65.7 Å². The molecule has 9 aromatic carbocycles. The Morgan fingerprint density at radius 1 is 0.391 bits per heavy atom. The molecule has 0 amide bonds. The van der Waals surface area contributed by atoms with E-state index >= 15 is 0 Å². The molecule has 3 heterocycles. The van der Waals surface area contributed by atoms with Gasteiger partial charge in [0.05, 0.1) is 16.7 Å². The highest BCUT2D eigenvalue weighted by Gasteiger charge is 2.26. The minimum Gasteiger partial charge on any atom is -0.310 e. The molecule has 2 nitrogen and oxygen atoms in total. The molecule has 0 atom stereocenters. The molecular formula is C55H30B6N2S. The van der Waals surface area contributed by atoms with Crippen molar-refractivity contribution in [1.29, 1.82) is 0 Å². The lowest BCUT2D eigenvalue weighted by molar-refractivity contribution is 1.18. The van der Waals surface area contributed by atoms with Crippen LogP contribution in [-0.2, 0) is 0 Å². The average Bonchev–Trinajstić information content (AvgIpc) is 4.01. The Hall–Kier alpha value is -6.81. The van der Waals surface area contributed by atoms with Gasteiger partial charge in [0.15, 0.2) is 0 Å². The zero-order valence-electron chi connectivity index (χ0n) is 34.9. The van der Waals surface area contributed by atoms with E-state index in [-0.39, 0.29) is 0 Å². The second-order valence-electron chi connectivity index (χ2n) is 16.6. The Bertz CT molecular complexity index is 3910. The van der Waals surface area contributed by atoms with Gasteiger partial charge in [-0.2, -0.15) is 0 Å². The molecule has 9 heteroatoms. The highest BCUT2D eigenvalue weighted by Crippen LogP contribution is 2.42. The summed E-state index contributed by atoms with van der Waals surface area (Å²) in [5.41, 5.74) is 14.5. The molecule has 3 aromatic heterocycles. The first kappa shape index (κ1) is 38.8. The van der Waals surface area contributed by atoms with Crippen LogP contribution >= 0.6 is 11.3 Å². The van der Waals surface area contributed by atoms with Crippen LogP contribution < -0.4 is 32.8 Å².